The molecule has 0 spiro atoms. The smallest absolute Gasteiger partial charge is 0.356 e. The van der Waals surface area contributed by atoms with E-state index < -0.39 is 5.63 Å². The molecule has 114 valence electrons. The second kappa shape index (κ2) is 5.49. The number of fused-ring (bicyclic) bond motifs is 1. The van der Waals surface area contributed by atoms with Crippen LogP contribution in [0.1, 0.15) is 36.5 Å². The Bertz CT molecular complexity index is 822. The van der Waals surface area contributed by atoms with Gasteiger partial charge in [0.25, 0.3) is 0 Å². The normalized spacial score (nSPS) is 16.0. The standard InChI is InChI=1S/C18H20N2O2/c1-11-4-6-20(7-5-11)17-14(10-19)18(21)22-15-9-12(2)8-13(3)16(15)17/h8-9,11H,4-7H2,1-3H3. The Morgan fingerprint density at radius 3 is 2.59 bits per heavy atom. The zero-order valence-electron chi connectivity index (χ0n) is 13.3. The number of hydrogen-bond donors (Lipinski definition) is 0. The lowest BCUT2D eigenvalue weighted by atomic mass is 9.96. The molecule has 0 amide bonds. The third kappa shape index (κ3) is 2.37. The van der Waals surface area contributed by atoms with Crippen LogP contribution in [0, 0.1) is 31.1 Å². The first kappa shape index (κ1) is 14.6. The Morgan fingerprint density at radius 2 is 1.95 bits per heavy atom. The molecule has 0 radical (unpaired) electrons. The minimum atomic E-state index is -0.534. The first-order chi connectivity index (χ1) is 10.5. The molecule has 1 fully saturated rings. The van der Waals surface area contributed by atoms with Crippen molar-refractivity contribution in [1.29, 1.82) is 5.26 Å². The van der Waals surface area contributed by atoms with E-state index in [2.05, 4.69) is 24.0 Å². The van der Waals surface area contributed by atoms with Crippen molar-refractivity contribution in [2.45, 2.75) is 33.6 Å². The van der Waals surface area contributed by atoms with Crippen molar-refractivity contribution < 1.29 is 4.42 Å². The average molecular weight is 296 g/mol. The molecule has 3 rings (SSSR count). The highest BCUT2D eigenvalue weighted by atomic mass is 16.4. The zero-order chi connectivity index (χ0) is 15.9. The highest BCUT2D eigenvalue weighted by Crippen LogP contribution is 2.34. The number of nitriles is 1. The van der Waals surface area contributed by atoms with Gasteiger partial charge in [-0.2, -0.15) is 5.26 Å². The fourth-order valence-corrected chi connectivity index (χ4v) is 3.33. The fraction of sp³-hybridized carbons (Fsp3) is 0.444. The third-order valence-corrected chi connectivity index (χ3v) is 4.54. The first-order valence-corrected chi connectivity index (χ1v) is 7.74. The fourth-order valence-electron chi connectivity index (χ4n) is 3.33. The summed E-state index contributed by atoms with van der Waals surface area (Å²) in [6.07, 6.45) is 2.16. The summed E-state index contributed by atoms with van der Waals surface area (Å²) in [6.45, 7) is 7.98. The molecule has 0 aliphatic carbocycles. The largest absolute Gasteiger partial charge is 0.422 e. The molecule has 2 aromatic rings. The first-order valence-electron chi connectivity index (χ1n) is 7.74. The van der Waals surface area contributed by atoms with Crippen LogP contribution in [0.15, 0.2) is 21.3 Å². The maximum atomic E-state index is 12.2. The van der Waals surface area contributed by atoms with Crippen LogP contribution in [0.4, 0.5) is 5.69 Å². The highest BCUT2D eigenvalue weighted by Gasteiger charge is 2.24. The number of anilines is 1. The maximum Gasteiger partial charge on any atom is 0.356 e. The van der Waals surface area contributed by atoms with Gasteiger partial charge < -0.3 is 9.32 Å². The van der Waals surface area contributed by atoms with Crippen molar-refractivity contribution in [2.24, 2.45) is 5.92 Å². The molecule has 0 saturated carbocycles. The summed E-state index contributed by atoms with van der Waals surface area (Å²) in [5.41, 5.74) is 3.04. The lowest BCUT2D eigenvalue weighted by Crippen LogP contribution is -2.34. The van der Waals surface area contributed by atoms with Gasteiger partial charge in [0.1, 0.15) is 11.7 Å². The summed E-state index contributed by atoms with van der Waals surface area (Å²) in [5, 5.41) is 10.3. The molecule has 2 heterocycles. The summed E-state index contributed by atoms with van der Waals surface area (Å²) >= 11 is 0. The second-order valence-corrected chi connectivity index (χ2v) is 6.35. The molecule has 4 nitrogen and oxygen atoms in total. The topological polar surface area (TPSA) is 57.2 Å². The monoisotopic (exact) mass is 296 g/mol. The van der Waals surface area contributed by atoms with Crippen LogP contribution < -0.4 is 10.5 Å². The Hall–Kier alpha value is -2.28. The van der Waals surface area contributed by atoms with Gasteiger partial charge >= 0.3 is 5.63 Å². The molecule has 1 saturated heterocycles. The van der Waals surface area contributed by atoms with Crippen LogP contribution in [0.2, 0.25) is 0 Å². The van der Waals surface area contributed by atoms with Crippen molar-refractivity contribution >= 4 is 16.7 Å². The van der Waals surface area contributed by atoms with E-state index in [-0.39, 0.29) is 5.56 Å². The van der Waals surface area contributed by atoms with Crippen LogP contribution in [0.25, 0.3) is 11.0 Å². The van der Waals surface area contributed by atoms with Crippen LogP contribution in [0.5, 0.6) is 0 Å². The Labute approximate surface area is 130 Å². The number of piperidine rings is 1. The van der Waals surface area contributed by atoms with Crippen LogP contribution in [-0.2, 0) is 0 Å². The number of aryl methyl sites for hydroxylation is 2. The van der Waals surface area contributed by atoms with E-state index in [1.165, 1.54) is 0 Å². The molecule has 4 heteroatoms. The number of rotatable bonds is 1. The van der Waals surface area contributed by atoms with Gasteiger partial charge in [0.15, 0.2) is 5.56 Å². The minimum absolute atomic E-state index is 0.133. The Kier molecular flexibility index (Phi) is 3.66. The zero-order valence-corrected chi connectivity index (χ0v) is 13.3. The van der Waals surface area contributed by atoms with Crippen molar-refractivity contribution in [3.8, 4) is 6.07 Å². The number of benzene rings is 1. The average Bonchev–Trinajstić information content (AvgIpc) is 2.46. The molecule has 0 N–H and O–H groups in total. The van der Waals surface area contributed by atoms with Gasteiger partial charge in [-0.1, -0.05) is 13.0 Å². The lowest BCUT2D eigenvalue weighted by molar-refractivity contribution is 0.438. The van der Waals surface area contributed by atoms with E-state index in [1.807, 2.05) is 19.9 Å². The van der Waals surface area contributed by atoms with Gasteiger partial charge in [0.2, 0.25) is 0 Å². The summed E-state index contributed by atoms with van der Waals surface area (Å²) < 4.78 is 5.39. The molecule has 1 aromatic heterocycles. The van der Waals surface area contributed by atoms with Crippen molar-refractivity contribution in [1.82, 2.24) is 0 Å². The van der Waals surface area contributed by atoms with Crippen LogP contribution in [-0.4, -0.2) is 13.1 Å². The van der Waals surface area contributed by atoms with Crippen LogP contribution in [0.3, 0.4) is 0 Å². The summed E-state index contributed by atoms with van der Waals surface area (Å²) in [5.74, 6) is 0.691. The van der Waals surface area contributed by atoms with E-state index in [1.54, 1.807) is 0 Å². The van der Waals surface area contributed by atoms with E-state index in [0.29, 0.717) is 11.5 Å². The van der Waals surface area contributed by atoms with Crippen molar-refractivity contribution in [3.63, 3.8) is 0 Å². The van der Waals surface area contributed by atoms with E-state index in [4.69, 9.17) is 4.42 Å². The predicted octanol–water partition coefficient (Wildman–Crippen LogP) is 3.52. The van der Waals surface area contributed by atoms with Gasteiger partial charge in [0, 0.05) is 18.5 Å². The van der Waals surface area contributed by atoms with E-state index >= 15 is 0 Å². The number of hydrogen-bond acceptors (Lipinski definition) is 4. The van der Waals surface area contributed by atoms with Crippen LogP contribution >= 0.6 is 0 Å². The molecular formula is C18H20N2O2. The summed E-state index contributed by atoms with van der Waals surface area (Å²) in [7, 11) is 0. The number of nitrogens with zero attached hydrogens (tertiary/aromatic N) is 2. The third-order valence-electron chi connectivity index (χ3n) is 4.54. The molecule has 0 unspecified atom stereocenters. The second-order valence-electron chi connectivity index (χ2n) is 6.35. The van der Waals surface area contributed by atoms with E-state index in [0.717, 1.165) is 48.1 Å². The van der Waals surface area contributed by atoms with Gasteiger partial charge in [-0.25, -0.2) is 4.79 Å². The van der Waals surface area contributed by atoms with Crippen molar-refractivity contribution in [3.05, 3.63) is 39.2 Å². The molecule has 0 atom stereocenters. The van der Waals surface area contributed by atoms with Gasteiger partial charge in [0.05, 0.1) is 5.69 Å². The lowest BCUT2D eigenvalue weighted by Gasteiger charge is -2.33. The van der Waals surface area contributed by atoms with Gasteiger partial charge in [-0.15, -0.1) is 0 Å². The molecule has 1 aliphatic rings. The maximum absolute atomic E-state index is 12.2. The van der Waals surface area contributed by atoms with Crippen molar-refractivity contribution in [2.75, 3.05) is 18.0 Å². The molecule has 0 bridgehead atoms. The molecule has 22 heavy (non-hydrogen) atoms. The molecule has 1 aliphatic heterocycles. The van der Waals surface area contributed by atoms with E-state index in [9.17, 15) is 10.1 Å². The highest BCUT2D eigenvalue weighted by molar-refractivity contribution is 5.96. The Morgan fingerprint density at radius 1 is 1.27 bits per heavy atom. The SMILES string of the molecule is Cc1cc(C)c2c(N3CCC(C)CC3)c(C#N)c(=O)oc2c1. The van der Waals surface area contributed by atoms with Gasteiger partial charge in [-0.05, 0) is 49.8 Å². The quantitative estimate of drug-likeness (QED) is 0.756. The molecular weight excluding hydrogens is 276 g/mol. The molecule has 1 aromatic carbocycles. The summed E-state index contributed by atoms with van der Waals surface area (Å²) in [4.78, 5) is 14.4. The van der Waals surface area contributed by atoms with Gasteiger partial charge in [-0.3, -0.25) is 0 Å². The predicted molar refractivity (Wildman–Crippen MR) is 87.3 cm³/mol. The summed E-state index contributed by atoms with van der Waals surface area (Å²) in [6, 6.07) is 6.00. The minimum Gasteiger partial charge on any atom is -0.422 e. The Balaban J connectivity index is 2.30.